The molecule has 4 aromatic rings. The Morgan fingerprint density at radius 2 is 1.84 bits per heavy atom. The standard InChI is InChI=1S/C25H24N6O/c32-24-19(18-6-7-20(27-14-18)16-4-2-1-3-5-16)15-28-25-22(24)23(17-8-11-26-12-9-17)30-21-10-13-29-31(21)25/h1-7,10,13-14,17,19,26,28H,8-9,11-12,15H2. The normalized spacial score (nSPS) is 19.0. The molecule has 1 unspecified atom stereocenters. The third-order valence-electron chi connectivity index (χ3n) is 6.58. The maximum Gasteiger partial charge on any atom is 0.177 e. The van der Waals surface area contributed by atoms with E-state index in [1.807, 2.05) is 54.7 Å². The SMILES string of the molecule is O=C1c2c(C3CCNCC3)nc3ccnn3c2NCC1c1ccc(-c2ccccc2)nc1. The van der Waals surface area contributed by atoms with Crippen LogP contribution in [-0.4, -0.2) is 45.0 Å². The Morgan fingerprint density at radius 3 is 2.62 bits per heavy atom. The quantitative estimate of drug-likeness (QED) is 0.522. The highest BCUT2D eigenvalue weighted by Gasteiger charge is 2.36. The molecule has 0 spiro atoms. The zero-order valence-electron chi connectivity index (χ0n) is 17.7. The number of nitrogens with one attached hydrogen (secondary N) is 2. The van der Waals surface area contributed by atoms with Gasteiger partial charge >= 0.3 is 0 Å². The molecule has 0 bridgehead atoms. The van der Waals surface area contributed by atoms with Crippen molar-refractivity contribution in [2.45, 2.75) is 24.7 Å². The Kier molecular flexibility index (Phi) is 4.69. The molecule has 6 rings (SSSR count). The minimum Gasteiger partial charge on any atom is -0.368 e. The lowest BCUT2D eigenvalue weighted by Gasteiger charge is -2.30. The van der Waals surface area contributed by atoms with Gasteiger partial charge < -0.3 is 10.6 Å². The topological polar surface area (TPSA) is 84.2 Å². The van der Waals surface area contributed by atoms with Crippen molar-refractivity contribution in [3.05, 3.63) is 77.7 Å². The molecule has 32 heavy (non-hydrogen) atoms. The Morgan fingerprint density at radius 1 is 1.00 bits per heavy atom. The van der Waals surface area contributed by atoms with E-state index in [2.05, 4.69) is 20.7 Å². The fraction of sp³-hybridized carbons (Fsp3) is 0.280. The van der Waals surface area contributed by atoms with Gasteiger partial charge in [-0.05, 0) is 37.6 Å². The van der Waals surface area contributed by atoms with Gasteiger partial charge in [-0.3, -0.25) is 9.78 Å². The minimum absolute atomic E-state index is 0.103. The summed E-state index contributed by atoms with van der Waals surface area (Å²) in [6, 6.07) is 16.0. The number of pyridine rings is 1. The fourth-order valence-electron chi connectivity index (χ4n) is 4.88. The lowest BCUT2D eigenvalue weighted by molar-refractivity contribution is 0.0957. The van der Waals surface area contributed by atoms with Crippen molar-refractivity contribution in [3.8, 4) is 11.3 Å². The van der Waals surface area contributed by atoms with Crippen LogP contribution in [0.25, 0.3) is 16.9 Å². The summed E-state index contributed by atoms with van der Waals surface area (Å²) in [5.74, 6) is 0.846. The average Bonchev–Trinajstić information content (AvgIpc) is 3.34. The number of benzene rings is 1. The Labute approximate surface area is 185 Å². The van der Waals surface area contributed by atoms with Crippen LogP contribution < -0.4 is 10.6 Å². The van der Waals surface area contributed by atoms with Gasteiger partial charge in [0.15, 0.2) is 11.4 Å². The number of hydrogen-bond donors (Lipinski definition) is 2. The number of fused-ring (bicyclic) bond motifs is 3. The first kappa shape index (κ1) is 19.1. The second-order valence-corrected chi connectivity index (χ2v) is 8.49. The number of Topliss-reactive ketones (excluding diaryl/α,β-unsaturated/α-hetero) is 1. The molecule has 160 valence electrons. The molecule has 0 saturated carbocycles. The number of piperidine rings is 1. The summed E-state index contributed by atoms with van der Waals surface area (Å²) >= 11 is 0. The van der Waals surface area contributed by atoms with Gasteiger partial charge in [0.2, 0.25) is 0 Å². The molecule has 0 amide bonds. The molecule has 7 nitrogen and oxygen atoms in total. The average molecular weight is 425 g/mol. The van der Waals surface area contributed by atoms with Crippen LogP contribution in [0, 0.1) is 0 Å². The zero-order chi connectivity index (χ0) is 21.5. The first-order valence-electron chi connectivity index (χ1n) is 11.2. The monoisotopic (exact) mass is 424 g/mol. The number of nitrogens with zero attached hydrogens (tertiary/aromatic N) is 4. The molecule has 2 aliphatic rings. The third kappa shape index (κ3) is 3.17. The second kappa shape index (κ2) is 7.84. The van der Waals surface area contributed by atoms with Crippen molar-refractivity contribution >= 4 is 17.2 Å². The van der Waals surface area contributed by atoms with E-state index in [-0.39, 0.29) is 17.6 Å². The molecule has 2 aliphatic heterocycles. The third-order valence-corrected chi connectivity index (χ3v) is 6.58. The predicted octanol–water partition coefficient (Wildman–Crippen LogP) is 3.65. The predicted molar refractivity (Wildman–Crippen MR) is 123 cm³/mol. The molecule has 1 saturated heterocycles. The Hall–Kier alpha value is -3.58. The summed E-state index contributed by atoms with van der Waals surface area (Å²) < 4.78 is 1.75. The number of anilines is 1. The van der Waals surface area contributed by atoms with Gasteiger partial charge in [0.25, 0.3) is 0 Å². The summed E-state index contributed by atoms with van der Waals surface area (Å²) in [5, 5.41) is 11.3. The van der Waals surface area contributed by atoms with Crippen molar-refractivity contribution in [3.63, 3.8) is 0 Å². The molecule has 3 aromatic heterocycles. The first-order chi connectivity index (χ1) is 15.8. The van der Waals surface area contributed by atoms with E-state index in [9.17, 15) is 4.79 Å². The van der Waals surface area contributed by atoms with Gasteiger partial charge in [0, 0.05) is 30.3 Å². The lowest BCUT2D eigenvalue weighted by atomic mass is 9.83. The van der Waals surface area contributed by atoms with Crippen LogP contribution in [0.15, 0.2) is 60.9 Å². The summed E-state index contributed by atoms with van der Waals surface area (Å²) in [5.41, 5.74) is 5.27. The van der Waals surface area contributed by atoms with Gasteiger partial charge in [-0.2, -0.15) is 9.61 Å². The maximum atomic E-state index is 13.8. The van der Waals surface area contributed by atoms with Crippen molar-refractivity contribution in [1.82, 2.24) is 24.9 Å². The molecule has 1 atom stereocenters. The van der Waals surface area contributed by atoms with Crippen molar-refractivity contribution in [2.24, 2.45) is 0 Å². The van der Waals surface area contributed by atoms with Crippen LogP contribution in [0.3, 0.4) is 0 Å². The van der Waals surface area contributed by atoms with Crippen LogP contribution in [0.5, 0.6) is 0 Å². The molecule has 5 heterocycles. The van der Waals surface area contributed by atoms with Gasteiger partial charge in [-0.1, -0.05) is 36.4 Å². The summed E-state index contributed by atoms with van der Waals surface area (Å²) in [4.78, 5) is 23.4. The second-order valence-electron chi connectivity index (χ2n) is 8.49. The summed E-state index contributed by atoms with van der Waals surface area (Å²) in [6.45, 7) is 2.41. The van der Waals surface area contributed by atoms with Crippen LogP contribution in [0.1, 0.15) is 46.3 Å². The van der Waals surface area contributed by atoms with Crippen molar-refractivity contribution in [1.29, 1.82) is 0 Å². The van der Waals surface area contributed by atoms with Crippen molar-refractivity contribution < 1.29 is 4.79 Å². The van der Waals surface area contributed by atoms with E-state index in [1.54, 1.807) is 10.7 Å². The maximum absolute atomic E-state index is 13.8. The van der Waals surface area contributed by atoms with Gasteiger partial charge in [0.05, 0.1) is 29.1 Å². The minimum atomic E-state index is -0.296. The highest BCUT2D eigenvalue weighted by molar-refractivity contribution is 6.08. The van der Waals surface area contributed by atoms with Gasteiger partial charge in [-0.25, -0.2) is 4.98 Å². The Bertz CT molecular complexity index is 1280. The molecule has 1 fully saturated rings. The van der Waals surface area contributed by atoms with Crippen LogP contribution in [0.2, 0.25) is 0 Å². The van der Waals surface area contributed by atoms with Crippen molar-refractivity contribution in [2.75, 3.05) is 25.0 Å². The largest absolute Gasteiger partial charge is 0.368 e. The number of hydrogen-bond acceptors (Lipinski definition) is 6. The number of rotatable bonds is 3. The summed E-state index contributed by atoms with van der Waals surface area (Å²) in [6.07, 6.45) is 5.53. The number of carbonyl (C=O) groups is 1. The number of carbonyl (C=O) groups excluding carboxylic acids is 1. The first-order valence-corrected chi connectivity index (χ1v) is 11.2. The number of aromatic nitrogens is 4. The molecule has 0 aliphatic carbocycles. The van der Waals surface area contributed by atoms with E-state index in [0.717, 1.165) is 59.9 Å². The number of ketones is 1. The highest BCUT2D eigenvalue weighted by atomic mass is 16.1. The highest BCUT2D eigenvalue weighted by Crippen LogP contribution is 2.37. The molecule has 0 radical (unpaired) electrons. The van der Waals surface area contributed by atoms with Crippen LogP contribution >= 0.6 is 0 Å². The molecule has 2 N–H and O–H groups in total. The van der Waals surface area contributed by atoms with E-state index >= 15 is 0 Å². The van der Waals surface area contributed by atoms with E-state index in [4.69, 9.17) is 4.98 Å². The lowest BCUT2D eigenvalue weighted by Crippen LogP contribution is -2.34. The van der Waals surface area contributed by atoms with Gasteiger partial charge in [0.1, 0.15) is 5.82 Å². The zero-order valence-corrected chi connectivity index (χ0v) is 17.7. The van der Waals surface area contributed by atoms with Crippen LogP contribution in [0.4, 0.5) is 5.82 Å². The van der Waals surface area contributed by atoms with Crippen LogP contribution in [-0.2, 0) is 0 Å². The van der Waals surface area contributed by atoms with E-state index < -0.39 is 0 Å². The fourth-order valence-corrected chi connectivity index (χ4v) is 4.88. The molecule has 7 heteroatoms. The smallest absolute Gasteiger partial charge is 0.177 e. The van der Waals surface area contributed by atoms with E-state index in [0.29, 0.717) is 12.1 Å². The molecule has 1 aromatic carbocycles. The molecular weight excluding hydrogens is 400 g/mol. The van der Waals surface area contributed by atoms with E-state index in [1.165, 1.54) is 0 Å². The summed E-state index contributed by atoms with van der Waals surface area (Å²) in [7, 11) is 0. The Balaban J connectivity index is 1.39. The molecular formula is C25H24N6O. The van der Waals surface area contributed by atoms with Gasteiger partial charge in [-0.15, -0.1) is 0 Å².